The summed E-state index contributed by atoms with van der Waals surface area (Å²) in [6.07, 6.45) is 2.08. The molecule has 0 spiro atoms. The van der Waals surface area contributed by atoms with Gasteiger partial charge in [0.15, 0.2) is 6.29 Å². The Bertz CT molecular complexity index is 600. The van der Waals surface area contributed by atoms with Crippen LogP contribution in [0.3, 0.4) is 0 Å². The van der Waals surface area contributed by atoms with Gasteiger partial charge in [0.05, 0.1) is 11.3 Å². The second-order valence-corrected chi connectivity index (χ2v) is 4.68. The van der Waals surface area contributed by atoms with Crippen LogP contribution in [0.15, 0.2) is 18.5 Å². The van der Waals surface area contributed by atoms with Crippen molar-refractivity contribution >= 4 is 17.9 Å². The smallest absolute Gasteiger partial charge is 0.155 e. The Morgan fingerprint density at radius 1 is 1.11 bits per heavy atom. The first-order valence-corrected chi connectivity index (χ1v) is 5.96. The van der Waals surface area contributed by atoms with Gasteiger partial charge in [0.1, 0.15) is 11.5 Å². The van der Waals surface area contributed by atoms with E-state index in [-0.39, 0.29) is 5.15 Å². The Hall–Kier alpha value is -1.74. The zero-order valence-corrected chi connectivity index (χ0v) is 11.2. The molecule has 0 aliphatic rings. The lowest BCUT2D eigenvalue weighted by atomic mass is 9.95. The standard InChI is InChI=1S/C14H13ClN2O/c1-8-4-9(2)12(10(3)5-8)13-11(6-18)14(15)17-7-16-13/h4-7H,1-3H3. The average Bonchev–Trinajstić information content (AvgIpc) is 2.27. The molecule has 0 fully saturated rings. The molecular weight excluding hydrogens is 248 g/mol. The summed E-state index contributed by atoms with van der Waals surface area (Å²) in [6, 6.07) is 4.12. The van der Waals surface area contributed by atoms with Crippen LogP contribution in [0.5, 0.6) is 0 Å². The van der Waals surface area contributed by atoms with Crippen molar-refractivity contribution < 1.29 is 4.79 Å². The van der Waals surface area contributed by atoms with Crippen molar-refractivity contribution in [2.75, 3.05) is 0 Å². The zero-order valence-electron chi connectivity index (χ0n) is 10.5. The molecule has 0 saturated carbocycles. The maximum absolute atomic E-state index is 11.1. The number of carbonyl (C=O) groups excluding carboxylic acids is 1. The molecular formula is C14H13ClN2O. The number of aromatic nitrogens is 2. The molecule has 2 rings (SSSR count). The largest absolute Gasteiger partial charge is 0.298 e. The number of nitrogens with zero attached hydrogens (tertiary/aromatic N) is 2. The van der Waals surface area contributed by atoms with Gasteiger partial charge in [-0.15, -0.1) is 0 Å². The molecule has 0 aliphatic carbocycles. The van der Waals surface area contributed by atoms with Gasteiger partial charge >= 0.3 is 0 Å². The highest BCUT2D eigenvalue weighted by Crippen LogP contribution is 2.30. The van der Waals surface area contributed by atoms with Gasteiger partial charge in [-0.3, -0.25) is 4.79 Å². The van der Waals surface area contributed by atoms with E-state index in [4.69, 9.17) is 11.6 Å². The van der Waals surface area contributed by atoms with Gasteiger partial charge in [0, 0.05) is 5.56 Å². The first-order chi connectivity index (χ1) is 8.54. The summed E-state index contributed by atoms with van der Waals surface area (Å²) in [6.45, 7) is 6.04. The number of hydrogen-bond donors (Lipinski definition) is 0. The van der Waals surface area contributed by atoms with Crippen molar-refractivity contribution in [2.24, 2.45) is 0 Å². The van der Waals surface area contributed by atoms with Gasteiger partial charge in [-0.25, -0.2) is 9.97 Å². The van der Waals surface area contributed by atoms with E-state index in [1.807, 2.05) is 20.8 Å². The van der Waals surface area contributed by atoms with Gasteiger partial charge < -0.3 is 0 Å². The predicted molar refractivity (Wildman–Crippen MR) is 72.1 cm³/mol. The van der Waals surface area contributed by atoms with E-state index in [1.54, 1.807) is 0 Å². The summed E-state index contributed by atoms with van der Waals surface area (Å²) in [5.74, 6) is 0. The van der Waals surface area contributed by atoms with Crippen LogP contribution in [-0.2, 0) is 0 Å². The minimum absolute atomic E-state index is 0.189. The summed E-state index contributed by atoms with van der Waals surface area (Å²) in [7, 11) is 0. The molecule has 2 aromatic rings. The van der Waals surface area contributed by atoms with Crippen LogP contribution < -0.4 is 0 Å². The van der Waals surface area contributed by atoms with Crippen molar-refractivity contribution in [1.82, 2.24) is 9.97 Å². The van der Waals surface area contributed by atoms with Crippen LogP contribution in [0.1, 0.15) is 27.0 Å². The molecule has 3 nitrogen and oxygen atoms in total. The van der Waals surface area contributed by atoms with E-state index < -0.39 is 0 Å². The Morgan fingerprint density at radius 3 is 2.28 bits per heavy atom. The minimum atomic E-state index is 0.189. The molecule has 0 saturated heterocycles. The number of halogens is 1. The molecule has 0 unspecified atom stereocenters. The molecule has 0 N–H and O–H groups in total. The zero-order chi connectivity index (χ0) is 13.3. The molecule has 0 radical (unpaired) electrons. The van der Waals surface area contributed by atoms with Crippen LogP contribution in [0.2, 0.25) is 5.15 Å². The number of aldehydes is 1. The van der Waals surface area contributed by atoms with Crippen molar-refractivity contribution in [3.63, 3.8) is 0 Å². The third-order valence-electron chi connectivity index (χ3n) is 2.87. The maximum Gasteiger partial charge on any atom is 0.155 e. The summed E-state index contributed by atoms with van der Waals surface area (Å²) in [5, 5.41) is 0.189. The third kappa shape index (κ3) is 2.14. The van der Waals surface area contributed by atoms with Gasteiger partial charge in [0.25, 0.3) is 0 Å². The van der Waals surface area contributed by atoms with Crippen LogP contribution >= 0.6 is 11.6 Å². The average molecular weight is 261 g/mol. The van der Waals surface area contributed by atoms with E-state index in [9.17, 15) is 4.79 Å². The molecule has 1 heterocycles. The maximum atomic E-state index is 11.1. The molecule has 92 valence electrons. The summed E-state index contributed by atoms with van der Waals surface area (Å²) < 4.78 is 0. The quantitative estimate of drug-likeness (QED) is 0.613. The van der Waals surface area contributed by atoms with Crippen molar-refractivity contribution in [3.8, 4) is 11.3 Å². The molecule has 1 aromatic heterocycles. The monoisotopic (exact) mass is 260 g/mol. The fourth-order valence-electron chi connectivity index (χ4n) is 2.23. The molecule has 1 aromatic carbocycles. The fraction of sp³-hybridized carbons (Fsp3) is 0.214. The van der Waals surface area contributed by atoms with E-state index in [0.717, 1.165) is 16.7 Å². The fourth-order valence-corrected chi connectivity index (χ4v) is 2.41. The highest BCUT2D eigenvalue weighted by molar-refractivity contribution is 6.32. The third-order valence-corrected chi connectivity index (χ3v) is 3.17. The van der Waals surface area contributed by atoms with E-state index in [2.05, 4.69) is 22.1 Å². The number of carbonyl (C=O) groups is 1. The lowest BCUT2D eigenvalue weighted by molar-refractivity contribution is 0.112. The predicted octanol–water partition coefficient (Wildman–Crippen LogP) is 3.53. The van der Waals surface area contributed by atoms with Crippen molar-refractivity contribution in [1.29, 1.82) is 0 Å². The molecule has 0 bridgehead atoms. The van der Waals surface area contributed by atoms with Gasteiger partial charge in [-0.1, -0.05) is 29.3 Å². The Balaban J connectivity index is 2.77. The van der Waals surface area contributed by atoms with Crippen LogP contribution in [0.4, 0.5) is 0 Å². The topological polar surface area (TPSA) is 42.9 Å². The van der Waals surface area contributed by atoms with Crippen LogP contribution in [0.25, 0.3) is 11.3 Å². The summed E-state index contributed by atoms with van der Waals surface area (Å²) >= 11 is 5.93. The SMILES string of the molecule is Cc1cc(C)c(-c2ncnc(Cl)c2C=O)c(C)c1. The number of hydrogen-bond acceptors (Lipinski definition) is 3. The van der Waals surface area contributed by atoms with E-state index >= 15 is 0 Å². The van der Waals surface area contributed by atoms with Gasteiger partial charge in [-0.05, 0) is 31.9 Å². The Morgan fingerprint density at radius 2 is 1.72 bits per heavy atom. The summed E-state index contributed by atoms with van der Waals surface area (Å²) in [5.41, 5.74) is 5.22. The van der Waals surface area contributed by atoms with E-state index in [1.165, 1.54) is 11.9 Å². The molecule has 4 heteroatoms. The van der Waals surface area contributed by atoms with Crippen LogP contribution in [0, 0.1) is 20.8 Å². The second kappa shape index (κ2) is 4.86. The molecule has 18 heavy (non-hydrogen) atoms. The minimum Gasteiger partial charge on any atom is -0.298 e. The second-order valence-electron chi connectivity index (χ2n) is 4.32. The molecule has 0 atom stereocenters. The van der Waals surface area contributed by atoms with Crippen molar-refractivity contribution in [3.05, 3.63) is 45.9 Å². The van der Waals surface area contributed by atoms with E-state index in [0.29, 0.717) is 17.5 Å². The van der Waals surface area contributed by atoms with Gasteiger partial charge in [0.2, 0.25) is 0 Å². The number of aryl methyl sites for hydroxylation is 3. The number of benzene rings is 1. The first kappa shape index (κ1) is 12.7. The lowest BCUT2D eigenvalue weighted by Gasteiger charge is -2.12. The Labute approximate surface area is 111 Å². The first-order valence-electron chi connectivity index (χ1n) is 5.58. The van der Waals surface area contributed by atoms with Gasteiger partial charge in [-0.2, -0.15) is 0 Å². The number of rotatable bonds is 2. The Kier molecular flexibility index (Phi) is 3.43. The lowest BCUT2D eigenvalue weighted by Crippen LogP contribution is -1.99. The summed E-state index contributed by atoms with van der Waals surface area (Å²) in [4.78, 5) is 19.2. The van der Waals surface area contributed by atoms with Crippen LogP contribution in [-0.4, -0.2) is 16.3 Å². The molecule has 0 amide bonds. The van der Waals surface area contributed by atoms with Crippen molar-refractivity contribution in [2.45, 2.75) is 20.8 Å². The molecule has 0 aliphatic heterocycles. The highest BCUT2D eigenvalue weighted by atomic mass is 35.5. The highest BCUT2D eigenvalue weighted by Gasteiger charge is 2.15. The normalized spacial score (nSPS) is 10.4.